The van der Waals surface area contributed by atoms with Gasteiger partial charge in [0.25, 0.3) is 0 Å². The Labute approximate surface area is 310 Å². The van der Waals surface area contributed by atoms with Gasteiger partial charge in [-0.1, -0.05) is 152 Å². The number of hydrogen-bond acceptors (Lipinski definition) is 2. The molecule has 12 rings (SSSR count). The molecule has 250 valence electrons. The molecular formula is C52H30O2. The van der Waals surface area contributed by atoms with Crippen molar-refractivity contribution in [2.75, 3.05) is 0 Å². The third-order valence-electron chi connectivity index (χ3n) is 11.4. The van der Waals surface area contributed by atoms with E-state index in [1.54, 1.807) is 0 Å². The second-order valence-corrected chi connectivity index (χ2v) is 14.3. The summed E-state index contributed by atoms with van der Waals surface area (Å²) in [7, 11) is 0. The van der Waals surface area contributed by atoms with Crippen LogP contribution in [0.1, 0.15) is 0 Å². The van der Waals surface area contributed by atoms with Crippen molar-refractivity contribution in [2.24, 2.45) is 0 Å². The van der Waals surface area contributed by atoms with Crippen LogP contribution in [-0.2, 0) is 0 Å². The summed E-state index contributed by atoms with van der Waals surface area (Å²) in [4.78, 5) is 0. The van der Waals surface area contributed by atoms with Gasteiger partial charge in [0.2, 0.25) is 0 Å². The zero-order valence-corrected chi connectivity index (χ0v) is 29.1. The maximum Gasteiger partial charge on any atom is 0.144 e. The third kappa shape index (κ3) is 4.17. The zero-order chi connectivity index (χ0) is 35.3. The number of rotatable bonds is 3. The zero-order valence-electron chi connectivity index (χ0n) is 29.1. The first-order valence-corrected chi connectivity index (χ1v) is 18.5. The Morgan fingerprint density at radius 1 is 0.259 bits per heavy atom. The number of benzene rings is 10. The van der Waals surface area contributed by atoms with E-state index in [1.165, 1.54) is 54.6 Å². The molecule has 0 bridgehead atoms. The number of furan rings is 2. The summed E-state index contributed by atoms with van der Waals surface area (Å²) in [5, 5.41) is 14.0. The van der Waals surface area contributed by atoms with Gasteiger partial charge in [-0.25, -0.2) is 0 Å². The van der Waals surface area contributed by atoms with Gasteiger partial charge in [0.1, 0.15) is 22.3 Å². The molecule has 12 aromatic rings. The average Bonchev–Trinajstić information content (AvgIpc) is 3.81. The molecule has 0 unspecified atom stereocenters. The average molecular weight is 687 g/mol. The molecule has 0 N–H and O–H groups in total. The standard InChI is InChI=1S/C52H30O2/c1-2-13-32-28-36(25-24-31(32)12-1)48-39-18-5-3-16-37(39)47(38-17-4-6-19-40(38)48)35-15-11-14-33(29-35)34-26-27-44-46(30-34)54-52-42-21-8-7-20-41(42)51-49(50(44)52)43-22-9-10-23-45(43)53-51/h1-30H. The molecule has 2 heteroatoms. The van der Waals surface area contributed by atoms with Gasteiger partial charge in [-0.2, -0.15) is 0 Å². The Hall–Kier alpha value is -7.16. The molecule has 0 radical (unpaired) electrons. The lowest BCUT2D eigenvalue weighted by molar-refractivity contribution is 0.668. The van der Waals surface area contributed by atoms with Gasteiger partial charge in [-0.15, -0.1) is 0 Å². The molecule has 2 heterocycles. The third-order valence-corrected chi connectivity index (χ3v) is 11.4. The lowest BCUT2D eigenvalue weighted by atomic mass is 9.85. The molecule has 0 aliphatic carbocycles. The fourth-order valence-corrected chi connectivity index (χ4v) is 9.03. The van der Waals surface area contributed by atoms with E-state index in [-0.39, 0.29) is 0 Å². The smallest absolute Gasteiger partial charge is 0.144 e. The van der Waals surface area contributed by atoms with Crippen molar-refractivity contribution in [1.29, 1.82) is 0 Å². The fourth-order valence-electron chi connectivity index (χ4n) is 9.03. The van der Waals surface area contributed by atoms with E-state index in [0.717, 1.165) is 65.8 Å². The molecule has 0 amide bonds. The molecule has 54 heavy (non-hydrogen) atoms. The fraction of sp³-hybridized carbons (Fsp3) is 0. The van der Waals surface area contributed by atoms with Crippen molar-refractivity contribution >= 4 is 87.0 Å². The van der Waals surface area contributed by atoms with Crippen LogP contribution in [-0.4, -0.2) is 0 Å². The van der Waals surface area contributed by atoms with Gasteiger partial charge in [0.15, 0.2) is 0 Å². The Morgan fingerprint density at radius 2 is 0.722 bits per heavy atom. The quantitative estimate of drug-likeness (QED) is 0.173. The summed E-state index contributed by atoms with van der Waals surface area (Å²) < 4.78 is 13.3. The first-order chi connectivity index (χ1) is 26.8. The van der Waals surface area contributed by atoms with Crippen molar-refractivity contribution in [3.8, 4) is 33.4 Å². The first kappa shape index (κ1) is 29.4. The topological polar surface area (TPSA) is 26.3 Å². The maximum atomic E-state index is 6.82. The van der Waals surface area contributed by atoms with Crippen molar-refractivity contribution in [1.82, 2.24) is 0 Å². The van der Waals surface area contributed by atoms with Crippen LogP contribution >= 0.6 is 0 Å². The van der Waals surface area contributed by atoms with Crippen LogP contribution in [0.5, 0.6) is 0 Å². The summed E-state index contributed by atoms with van der Waals surface area (Å²) >= 11 is 0. The van der Waals surface area contributed by atoms with Gasteiger partial charge in [0.05, 0.1) is 0 Å². The van der Waals surface area contributed by atoms with E-state index in [0.29, 0.717) is 0 Å². The normalized spacial score (nSPS) is 12.1. The minimum Gasteiger partial charge on any atom is -0.455 e. The summed E-state index contributed by atoms with van der Waals surface area (Å²) in [5.74, 6) is 0. The summed E-state index contributed by atoms with van der Waals surface area (Å²) in [6, 6.07) is 65.6. The minimum absolute atomic E-state index is 0.867. The second-order valence-electron chi connectivity index (χ2n) is 14.3. The molecule has 0 fully saturated rings. The Balaban J connectivity index is 1.07. The number of fused-ring (bicyclic) bond motifs is 13. The van der Waals surface area contributed by atoms with E-state index < -0.39 is 0 Å². The van der Waals surface area contributed by atoms with Crippen LogP contribution in [0.25, 0.3) is 120 Å². The maximum absolute atomic E-state index is 6.82. The summed E-state index contributed by atoms with van der Waals surface area (Å²) in [6.07, 6.45) is 0. The highest BCUT2D eigenvalue weighted by molar-refractivity contribution is 6.34. The van der Waals surface area contributed by atoms with Gasteiger partial charge in [-0.3, -0.25) is 0 Å². The molecule has 0 saturated heterocycles. The molecule has 0 aliphatic heterocycles. The minimum atomic E-state index is 0.867. The Morgan fingerprint density at radius 3 is 1.39 bits per heavy atom. The van der Waals surface area contributed by atoms with Crippen LogP contribution < -0.4 is 0 Å². The van der Waals surface area contributed by atoms with Crippen molar-refractivity contribution in [2.45, 2.75) is 0 Å². The Bertz CT molecular complexity index is 3450. The van der Waals surface area contributed by atoms with Gasteiger partial charge < -0.3 is 8.83 Å². The van der Waals surface area contributed by atoms with Crippen molar-refractivity contribution in [3.63, 3.8) is 0 Å². The van der Waals surface area contributed by atoms with Crippen LogP contribution in [0.15, 0.2) is 191 Å². The molecule has 2 nitrogen and oxygen atoms in total. The van der Waals surface area contributed by atoms with E-state index >= 15 is 0 Å². The van der Waals surface area contributed by atoms with Crippen molar-refractivity contribution in [3.05, 3.63) is 182 Å². The molecule has 0 atom stereocenters. The summed E-state index contributed by atoms with van der Waals surface area (Å²) in [5.41, 5.74) is 10.8. The lowest BCUT2D eigenvalue weighted by Gasteiger charge is -2.18. The molecular weight excluding hydrogens is 657 g/mol. The van der Waals surface area contributed by atoms with E-state index in [9.17, 15) is 0 Å². The molecule has 2 aromatic heterocycles. The highest BCUT2D eigenvalue weighted by Gasteiger charge is 2.22. The predicted molar refractivity (Wildman–Crippen MR) is 227 cm³/mol. The van der Waals surface area contributed by atoms with E-state index in [2.05, 4.69) is 170 Å². The highest BCUT2D eigenvalue weighted by Crippen LogP contribution is 2.47. The molecule has 0 saturated carbocycles. The van der Waals surface area contributed by atoms with E-state index in [4.69, 9.17) is 8.83 Å². The second kappa shape index (κ2) is 11.2. The van der Waals surface area contributed by atoms with Crippen LogP contribution in [0, 0.1) is 0 Å². The first-order valence-electron chi connectivity index (χ1n) is 18.5. The van der Waals surface area contributed by atoms with E-state index in [1.807, 2.05) is 12.1 Å². The largest absolute Gasteiger partial charge is 0.455 e. The predicted octanol–water partition coefficient (Wildman–Crippen LogP) is 15.1. The Kier molecular flexibility index (Phi) is 6.09. The van der Waals surface area contributed by atoms with Crippen molar-refractivity contribution < 1.29 is 8.83 Å². The van der Waals surface area contributed by atoms with Gasteiger partial charge >= 0.3 is 0 Å². The summed E-state index contributed by atoms with van der Waals surface area (Å²) in [6.45, 7) is 0. The number of para-hydroxylation sites is 1. The highest BCUT2D eigenvalue weighted by atomic mass is 16.3. The SMILES string of the molecule is c1cc(-c2ccc3c(c2)oc2c4ccccc4c4oc5ccccc5c4c32)cc(-c2c3ccccc3c(-c3ccc4ccccc4c3)c3ccccc23)c1. The van der Waals surface area contributed by atoms with Crippen LogP contribution in [0.3, 0.4) is 0 Å². The molecule has 0 aliphatic rings. The molecule has 0 spiro atoms. The monoisotopic (exact) mass is 686 g/mol. The number of hydrogen-bond donors (Lipinski definition) is 0. The van der Waals surface area contributed by atoms with Gasteiger partial charge in [-0.05, 0) is 96.0 Å². The molecule has 10 aromatic carbocycles. The van der Waals surface area contributed by atoms with Gasteiger partial charge in [0, 0.05) is 32.3 Å². The van der Waals surface area contributed by atoms with Crippen LogP contribution in [0.2, 0.25) is 0 Å². The lowest BCUT2D eigenvalue weighted by Crippen LogP contribution is -1.91. The van der Waals surface area contributed by atoms with Crippen LogP contribution in [0.4, 0.5) is 0 Å².